The molecule has 8 heteroatoms. The van der Waals surface area contributed by atoms with Crippen molar-refractivity contribution in [1.82, 2.24) is 14.5 Å². The van der Waals surface area contributed by atoms with Crippen LogP contribution in [-0.2, 0) is 23.5 Å². The van der Waals surface area contributed by atoms with Crippen LogP contribution >= 0.6 is 0 Å². The number of aromatic nitrogens is 3. The van der Waals surface area contributed by atoms with Crippen LogP contribution in [0.25, 0.3) is 22.2 Å². The molecule has 5 rings (SSSR count). The van der Waals surface area contributed by atoms with E-state index in [2.05, 4.69) is 44.8 Å². The lowest BCUT2D eigenvalue weighted by Gasteiger charge is -2.14. The second-order valence-electron chi connectivity index (χ2n) is 8.01. The Kier molecular flexibility index (Phi) is 4.48. The molecule has 4 heterocycles. The number of hydrogen-bond donors (Lipinski definition) is 1. The van der Waals surface area contributed by atoms with Gasteiger partial charge < -0.3 is 9.47 Å². The van der Waals surface area contributed by atoms with E-state index in [0.717, 1.165) is 35.0 Å². The van der Waals surface area contributed by atoms with Crippen LogP contribution in [0.4, 0.5) is 11.4 Å². The van der Waals surface area contributed by atoms with Crippen LogP contribution in [0.1, 0.15) is 11.1 Å². The number of anilines is 2. The number of benzene rings is 1. The Morgan fingerprint density at radius 1 is 1.06 bits per heavy atom. The van der Waals surface area contributed by atoms with Crippen LogP contribution in [0.15, 0.2) is 60.0 Å². The zero-order valence-electron chi connectivity index (χ0n) is 17.6. The van der Waals surface area contributed by atoms with E-state index in [9.17, 15) is 8.42 Å². The number of likely N-dealkylation sites (N-methyl/N-ethyl adjacent to an activating group) is 1. The zero-order valence-corrected chi connectivity index (χ0v) is 18.4. The molecule has 0 bridgehead atoms. The van der Waals surface area contributed by atoms with Gasteiger partial charge in [-0.3, -0.25) is 4.72 Å². The number of rotatable bonds is 4. The molecular formula is C23H23N5O2S. The van der Waals surface area contributed by atoms with Gasteiger partial charge in [0.15, 0.2) is 5.03 Å². The fourth-order valence-corrected chi connectivity index (χ4v) is 5.13. The number of nitrogens with zero attached hydrogens (tertiary/aromatic N) is 4. The molecule has 1 N–H and O–H groups in total. The maximum Gasteiger partial charge on any atom is 0.279 e. The van der Waals surface area contributed by atoms with E-state index in [4.69, 9.17) is 0 Å². The topological polar surface area (TPSA) is 80.1 Å². The summed E-state index contributed by atoms with van der Waals surface area (Å²) in [5.41, 5.74) is 6.60. The standard InChI is InChI=1S/C23H23N5O2S/c1-15-4-7-21(25-13-15)31(29,30)26-19-8-10-24-23-22(19)18(14-28(23)3)17-6-5-16-9-11-27(2)20(16)12-17/h4-8,10,12-14H,9,11H2,1-3H3,(H,24,26). The van der Waals surface area contributed by atoms with Gasteiger partial charge in [0.1, 0.15) is 5.65 Å². The van der Waals surface area contributed by atoms with Gasteiger partial charge >= 0.3 is 0 Å². The van der Waals surface area contributed by atoms with Crippen molar-refractivity contribution >= 4 is 32.4 Å². The van der Waals surface area contributed by atoms with Crippen LogP contribution in [0.5, 0.6) is 0 Å². The number of hydrogen-bond acceptors (Lipinski definition) is 5. The Bertz CT molecular complexity index is 1410. The molecule has 0 atom stereocenters. The second kappa shape index (κ2) is 7.09. The number of sulfonamides is 1. The van der Waals surface area contributed by atoms with Gasteiger partial charge in [-0.2, -0.15) is 8.42 Å². The van der Waals surface area contributed by atoms with Crippen molar-refractivity contribution in [3.05, 3.63) is 66.1 Å². The summed E-state index contributed by atoms with van der Waals surface area (Å²) in [6.45, 7) is 2.87. The third-order valence-corrected chi connectivity index (χ3v) is 7.07. The Hall–Kier alpha value is -3.39. The average Bonchev–Trinajstić information content (AvgIpc) is 3.29. The monoisotopic (exact) mass is 433 g/mol. The molecule has 0 radical (unpaired) electrons. The summed E-state index contributed by atoms with van der Waals surface area (Å²) in [5, 5.41) is 0.751. The average molecular weight is 434 g/mol. The number of fused-ring (bicyclic) bond motifs is 2. The first-order valence-corrected chi connectivity index (χ1v) is 11.6. The lowest BCUT2D eigenvalue weighted by molar-refractivity contribution is 0.597. The van der Waals surface area contributed by atoms with Crippen molar-refractivity contribution in [2.45, 2.75) is 18.4 Å². The van der Waals surface area contributed by atoms with Crippen LogP contribution in [-0.4, -0.2) is 36.5 Å². The predicted octanol–water partition coefficient (Wildman–Crippen LogP) is 3.74. The van der Waals surface area contributed by atoms with E-state index in [0.29, 0.717) is 11.3 Å². The maximum absolute atomic E-state index is 13.0. The van der Waals surface area contributed by atoms with Crippen molar-refractivity contribution in [1.29, 1.82) is 0 Å². The highest BCUT2D eigenvalue weighted by atomic mass is 32.2. The molecule has 0 aliphatic carbocycles. The van der Waals surface area contributed by atoms with Gasteiger partial charge in [0.05, 0.1) is 11.1 Å². The minimum Gasteiger partial charge on any atom is -0.374 e. The fraction of sp³-hybridized carbons (Fsp3) is 0.217. The maximum atomic E-state index is 13.0. The van der Waals surface area contributed by atoms with E-state index in [1.54, 1.807) is 24.5 Å². The summed E-state index contributed by atoms with van der Waals surface area (Å²) >= 11 is 0. The third kappa shape index (κ3) is 3.33. The van der Waals surface area contributed by atoms with E-state index in [1.807, 2.05) is 24.7 Å². The van der Waals surface area contributed by atoms with Gasteiger partial charge in [0.2, 0.25) is 0 Å². The highest BCUT2D eigenvalue weighted by Gasteiger charge is 2.22. The molecule has 0 unspecified atom stereocenters. The summed E-state index contributed by atoms with van der Waals surface area (Å²) < 4.78 is 30.6. The third-order valence-electron chi connectivity index (χ3n) is 5.79. The van der Waals surface area contributed by atoms with Crippen molar-refractivity contribution in [3.8, 4) is 11.1 Å². The van der Waals surface area contributed by atoms with E-state index >= 15 is 0 Å². The van der Waals surface area contributed by atoms with E-state index < -0.39 is 10.0 Å². The largest absolute Gasteiger partial charge is 0.374 e. The van der Waals surface area contributed by atoms with Crippen molar-refractivity contribution in [2.24, 2.45) is 7.05 Å². The van der Waals surface area contributed by atoms with Crippen LogP contribution < -0.4 is 9.62 Å². The molecule has 4 aromatic rings. The molecule has 0 saturated heterocycles. The Labute approximate surface area is 181 Å². The zero-order chi connectivity index (χ0) is 21.8. The molecule has 158 valence electrons. The quantitative estimate of drug-likeness (QED) is 0.530. The summed E-state index contributed by atoms with van der Waals surface area (Å²) in [5.74, 6) is 0. The molecule has 0 saturated carbocycles. The first-order valence-electron chi connectivity index (χ1n) is 10.1. The summed E-state index contributed by atoms with van der Waals surface area (Å²) in [6, 6.07) is 11.4. The minimum absolute atomic E-state index is 0.0142. The fourth-order valence-electron chi connectivity index (χ4n) is 4.12. The predicted molar refractivity (Wildman–Crippen MR) is 123 cm³/mol. The van der Waals surface area contributed by atoms with E-state index in [-0.39, 0.29) is 5.03 Å². The molecule has 0 spiro atoms. The Morgan fingerprint density at radius 3 is 2.68 bits per heavy atom. The number of nitrogens with one attached hydrogen (secondary N) is 1. The molecule has 7 nitrogen and oxygen atoms in total. The van der Waals surface area contributed by atoms with Gasteiger partial charge in [-0.25, -0.2) is 9.97 Å². The van der Waals surface area contributed by atoms with Crippen LogP contribution in [0.3, 0.4) is 0 Å². The molecule has 3 aromatic heterocycles. The molecule has 1 aromatic carbocycles. The summed E-state index contributed by atoms with van der Waals surface area (Å²) in [6.07, 6.45) is 6.20. The molecule has 31 heavy (non-hydrogen) atoms. The molecular weight excluding hydrogens is 410 g/mol. The lowest BCUT2D eigenvalue weighted by atomic mass is 10.0. The Morgan fingerprint density at radius 2 is 1.90 bits per heavy atom. The smallest absolute Gasteiger partial charge is 0.279 e. The molecule has 1 aliphatic heterocycles. The Balaban J connectivity index is 1.64. The van der Waals surface area contributed by atoms with Crippen molar-refractivity contribution in [2.75, 3.05) is 23.2 Å². The normalized spacial score (nSPS) is 13.6. The SMILES string of the molecule is Cc1ccc(S(=O)(=O)Nc2ccnc3c2c(-c2ccc4c(c2)N(C)CC4)cn3C)nc1. The number of pyridine rings is 2. The summed E-state index contributed by atoms with van der Waals surface area (Å²) in [4.78, 5) is 10.8. The number of aryl methyl sites for hydroxylation is 2. The molecule has 0 fully saturated rings. The second-order valence-corrected chi connectivity index (χ2v) is 9.63. The highest BCUT2D eigenvalue weighted by molar-refractivity contribution is 7.92. The first kappa shape index (κ1) is 19.6. The molecule has 0 amide bonds. The van der Waals surface area contributed by atoms with Crippen molar-refractivity contribution in [3.63, 3.8) is 0 Å². The lowest BCUT2D eigenvalue weighted by Crippen LogP contribution is -2.15. The van der Waals surface area contributed by atoms with Crippen molar-refractivity contribution < 1.29 is 8.42 Å². The summed E-state index contributed by atoms with van der Waals surface area (Å²) in [7, 11) is 0.171. The highest BCUT2D eigenvalue weighted by Crippen LogP contribution is 2.38. The van der Waals surface area contributed by atoms with Crippen LogP contribution in [0, 0.1) is 6.92 Å². The first-order chi connectivity index (χ1) is 14.8. The van der Waals surface area contributed by atoms with Gasteiger partial charge in [0, 0.05) is 50.5 Å². The van der Waals surface area contributed by atoms with Gasteiger partial charge in [0.25, 0.3) is 10.0 Å². The van der Waals surface area contributed by atoms with Gasteiger partial charge in [-0.05, 0) is 48.2 Å². The van der Waals surface area contributed by atoms with Gasteiger partial charge in [-0.15, -0.1) is 0 Å². The minimum atomic E-state index is -3.84. The van der Waals surface area contributed by atoms with E-state index in [1.165, 1.54) is 17.3 Å². The van der Waals surface area contributed by atoms with Gasteiger partial charge in [-0.1, -0.05) is 18.2 Å². The van der Waals surface area contributed by atoms with Crippen LogP contribution in [0.2, 0.25) is 0 Å². The molecule has 1 aliphatic rings.